The molecule has 0 atom stereocenters. The van der Waals surface area contributed by atoms with Crippen LogP contribution in [0.3, 0.4) is 0 Å². The summed E-state index contributed by atoms with van der Waals surface area (Å²) < 4.78 is 2.68. The maximum atomic E-state index is 12.3. The van der Waals surface area contributed by atoms with Crippen LogP contribution in [0, 0.1) is 12.8 Å². The van der Waals surface area contributed by atoms with Crippen molar-refractivity contribution >= 4 is 27.8 Å². The van der Waals surface area contributed by atoms with Crippen LogP contribution in [0.25, 0.3) is 5.69 Å². The molecule has 1 fully saturated rings. The molecule has 0 bridgehead atoms. The molecule has 1 heterocycles. The fraction of sp³-hybridized carbons (Fsp3) is 0.312. The Bertz CT molecular complexity index is 748. The van der Waals surface area contributed by atoms with Gasteiger partial charge in [0.15, 0.2) is 0 Å². The summed E-state index contributed by atoms with van der Waals surface area (Å²) in [5.74, 6) is -1.35. The van der Waals surface area contributed by atoms with Gasteiger partial charge in [0, 0.05) is 10.5 Å². The van der Waals surface area contributed by atoms with Crippen molar-refractivity contribution in [1.29, 1.82) is 0 Å². The minimum absolute atomic E-state index is 0.0703. The van der Waals surface area contributed by atoms with Crippen LogP contribution in [0.5, 0.6) is 0 Å². The van der Waals surface area contributed by atoms with Crippen molar-refractivity contribution in [2.45, 2.75) is 25.8 Å². The third kappa shape index (κ3) is 3.14. The molecule has 23 heavy (non-hydrogen) atoms. The largest absolute Gasteiger partial charge is 0.481 e. The van der Waals surface area contributed by atoms with Crippen LogP contribution >= 0.6 is 15.9 Å². The number of carbonyl (C=O) groups excluding carboxylic acids is 1. The molecule has 1 aliphatic rings. The summed E-state index contributed by atoms with van der Waals surface area (Å²) in [4.78, 5) is 23.1. The number of amides is 1. The zero-order chi connectivity index (χ0) is 16.6. The monoisotopic (exact) mass is 377 g/mol. The summed E-state index contributed by atoms with van der Waals surface area (Å²) in [6.45, 7) is 1.84. The molecule has 1 aromatic carbocycles. The summed E-state index contributed by atoms with van der Waals surface area (Å²) in [6, 6.07) is 7.58. The average Bonchev–Trinajstić information content (AvgIpc) is 2.84. The summed E-state index contributed by atoms with van der Waals surface area (Å²) >= 11 is 3.39. The number of nitrogens with zero attached hydrogens (tertiary/aromatic N) is 2. The lowest BCUT2D eigenvalue weighted by atomic mass is 9.80. The Kier molecular flexibility index (Phi) is 4.21. The van der Waals surface area contributed by atoms with Gasteiger partial charge in [0.2, 0.25) is 0 Å². The van der Waals surface area contributed by atoms with Crippen LogP contribution in [0.15, 0.2) is 34.9 Å². The quantitative estimate of drug-likeness (QED) is 0.857. The summed E-state index contributed by atoms with van der Waals surface area (Å²) in [6.07, 6.45) is 2.52. The van der Waals surface area contributed by atoms with Gasteiger partial charge in [0.1, 0.15) is 0 Å². The molecule has 2 aromatic rings. The first kappa shape index (κ1) is 15.7. The van der Waals surface area contributed by atoms with Crippen molar-refractivity contribution in [2.75, 3.05) is 0 Å². The lowest BCUT2D eigenvalue weighted by Gasteiger charge is -2.32. The van der Waals surface area contributed by atoms with Gasteiger partial charge in [-0.1, -0.05) is 15.9 Å². The first-order valence-electron chi connectivity index (χ1n) is 7.30. The van der Waals surface area contributed by atoms with E-state index in [0.717, 1.165) is 15.9 Å². The number of carboxylic acids is 1. The molecular formula is C16H16BrN3O3. The molecular weight excluding hydrogens is 362 g/mol. The van der Waals surface area contributed by atoms with E-state index in [9.17, 15) is 9.59 Å². The van der Waals surface area contributed by atoms with Crippen molar-refractivity contribution in [3.63, 3.8) is 0 Å². The smallest absolute Gasteiger partial charge is 0.306 e. The Hall–Kier alpha value is -2.15. The maximum absolute atomic E-state index is 12.3. The Balaban J connectivity index is 1.70. The number of nitrogens with one attached hydrogen (secondary N) is 1. The molecule has 1 amide bonds. The van der Waals surface area contributed by atoms with Crippen LogP contribution in [0.2, 0.25) is 0 Å². The summed E-state index contributed by atoms with van der Waals surface area (Å²) in [5, 5.41) is 16.0. The number of aromatic nitrogens is 2. The Morgan fingerprint density at radius 3 is 2.57 bits per heavy atom. The minimum Gasteiger partial charge on any atom is -0.481 e. The number of hydrogen-bond acceptors (Lipinski definition) is 3. The highest BCUT2D eigenvalue weighted by atomic mass is 79.9. The number of carboxylic acid groups (broad SMARTS) is 1. The van der Waals surface area contributed by atoms with E-state index >= 15 is 0 Å². The standard InChI is InChI=1S/C16H16BrN3O3/c1-9-14(15(21)19-12-6-10(7-12)16(22)23)8-18-20(9)13-4-2-11(17)3-5-13/h2-5,8,10,12H,6-7H2,1H3,(H,19,21)(H,22,23). The molecule has 1 saturated carbocycles. The molecule has 6 nitrogen and oxygen atoms in total. The SMILES string of the molecule is Cc1c(C(=O)NC2CC(C(=O)O)C2)cnn1-c1ccc(Br)cc1. The normalized spacial score (nSPS) is 19.9. The van der Waals surface area contributed by atoms with E-state index in [0.29, 0.717) is 18.4 Å². The molecule has 1 aliphatic carbocycles. The third-order valence-corrected chi connectivity index (χ3v) is 4.68. The highest BCUT2D eigenvalue weighted by molar-refractivity contribution is 9.10. The van der Waals surface area contributed by atoms with E-state index in [1.165, 1.54) is 0 Å². The fourth-order valence-corrected chi connectivity index (χ4v) is 2.94. The van der Waals surface area contributed by atoms with Gasteiger partial charge >= 0.3 is 5.97 Å². The Labute approximate surface area is 141 Å². The molecule has 7 heteroatoms. The lowest BCUT2D eigenvalue weighted by molar-refractivity contribution is -0.145. The predicted octanol–water partition coefficient (Wildman–Crippen LogP) is 2.54. The Morgan fingerprint density at radius 2 is 1.96 bits per heavy atom. The van der Waals surface area contributed by atoms with Crippen molar-refractivity contribution in [1.82, 2.24) is 15.1 Å². The van der Waals surface area contributed by atoms with Crippen molar-refractivity contribution in [2.24, 2.45) is 5.92 Å². The van der Waals surface area contributed by atoms with Crippen LogP contribution in [-0.4, -0.2) is 32.8 Å². The second-order valence-corrected chi connectivity index (χ2v) is 6.62. The molecule has 0 radical (unpaired) electrons. The van der Waals surface area contributed by atoms with E-state index in [4.69, 9.17) is 5.11 Å². The van der Waals surface area contributed by atoms with Crippen LogP contribution < -0.4 is 5.32 Å². The van der Waals surface area contributed by atoms with Crippen LogP contribution in [0.4, 0.5) is 0 Å². The number of halogens is 1. The van der Waals surface area contributed by atoms with Gasteiger partial charge < -0.3 is 10.4 Å². The van der Waals surface area contributed by atoms with Crippen LogP contribution in [-0.2, 0) is 4.79 Å². The van der Waals surface area contributed by atoms with E-state index in [-0.39, 0.29) is 17.9 Å². The van der Waals surface area contributed by atoms with Gasteiger partial charge in [-0.15, -0.1) is 0 Å². The predicted molar refractivity (Wildman–Crippen MR) is 87.6 cm³/mol. The first-order chi connectivity index (χ1) is 11.0. The Morgan fingerprint density at radius 1 is 1.30 bits per heavy atom. The fourth-order valence-electron chi connectivity index (χ4n) is 2.68. The van der Waals surface area contributed by atoms with Gasteiger partial charge in [-0.3, -0.25) is 9.59 Å². The van der Waals surface area contributed by atoms with Gasteiger partial charge in [-0.25, -0.2) is 4.68 Å². The average molecular weight is 378 g/mol. The maximum Gasteiger partial charge on any atom is 0.306 e. The van der Waals surface area contributed by atoms with Crippen LogP contribution in [0.1, 0.15) is 28.9 Å². The topological polar surface area (TPSA) is 84.2 Å². The summed E-state index contributed by atoms with van der Waals surface area (Å²) in [5.41, 5.74) is 2.13. The van der Waals surface area contributed by atoms with Gasteiger partial charge in [-0.05, 0) is 44.0 Å². The van der Waals surface area contributed by atoms with Crippen molar-refractivity contribution in [3.05, 3.63) is 46.2 Å². The third-order valence-electron chi connectivity index (χ3n) is 4.15. The van der Waals surface area contributed by atoms with Gasteiger partial charge in [0.25, 0.3) is 5.91 Å². The zero-order valence-electron chi connectivity index (χ0n) is 12.5. The van der Waals surface area contributed by atoms with Crippen molar-refractivity contribution < 1.29 is 14.7 Å². The van der Waals surface area contributed by atoms with E-state index < -0.39 is 5.97 Å². The molecule has 3 rings (SSSR count). The molecule has 0 spiro atoms. The minimum atomic E-state index is -0.797. The molecule has 0 aliphatic heterocycles. The molecule has 0 saturated heterocycles. The lowest BCUT2D eigenvalue weighted by Crippen LogP contribution is -2.46. The second kappa shape index (κ2) is 6.16. The molecule has 0 unspecified atom stereocenters. The first-order valence-corrected chi connectivity index (χ1v) is 8.09. The number of rotatable bonds is 4. The number of aliphatic carboxylic acids is 1. The number of hydrogen-bond donors (Lipinski definition) is 2. The highest BCUT2D eigenvalue weighted by Crippen LogP contribution is 2.28. The van der Waals surface area contributed by atoms with E-state index in [1.807, 2.05) is 31.2 Å². The summed E-state index contributed by atoms with van der Waals surface area (Å²) in [7, 11) is 0. The van der Waals surface area contributed by atoms with E-state index in [1.54, 1.807) is 10.9 Å². The second-order valence-electron chi connectivity index (χ2n) is 5.71. The van der Waals surface area contributed by atoms with Gasteiger partial charge in [-0.2, -0.15) is 5.10 Å². The number of benzene rings is 1. The highest BCUT2D eigenvalue weighted by Gasteiger charge is 2.35. The van der Waals surface area contributed by atoms with E-state index in [2.05, 4.69) is 26.3 Å². The molecule has 1 aromatic heterocycles. The molecule has 2 N–H and O–H groups in total. The van der Waals surface area contributed by atoms with Crippen molar-refractivity contribution in [3.8, 4) is 5.69 Å². The van der Waals surface area contributed by atoms with Gasteiger partial charge in [0.05, 0.1) is 29.1 Å². The zero-order valence-corrected chi connectivity index (χ0v) is 14.1. The molecule has 120 valence electrons. The number of carbonyl (C=O) groups is 2.